The molecule has 1 saturated heterocycles. The molecule has 10 heteroatoms. The number of hydrogen-bond acceptors (Lipinski definition) is 7. The Bertz CT molecular complexity index is 1390. The molecule has 0 atom stereocenters. The van der Waals surface area contributed by atoms with Crippen LogP contribution in [0.1, 0.15) is 11.1 Å². The van der Waals surface area contributed by atoms with E-state index in [9.17, 15) is 18.0 Å². The molecule has 0 spiro atoms. The summed E-state index contributed by atoms with van der Waals surface area (Å²) in [6.45, 7) is 0.0619. The molecule has 1 aliphatic rings. The maximum atomic E-state index is 13.0. The highest BCUT2D eigenvalue weighted by Crippen LogP contribution is 2.39. The number of rotatable bonds is 7. The van der Waals surface area contributed by atoms with E-state index in [0.717, 1.165) is 16.7 Å². The molecule has 3 aromatic carbocycles. The van der Waals surface area contributed by atoms with Crippen molar-refractivity contribution in [3.63, 3.8) is 0 Å². The fraction of sp³-hybridized carbons (Fsp3) is 0.0833. The van der Waals surface area contributed by atoms with Gasteiger partial charge in [-0.15, -0.1) is 0 Å². The van der Waals surface area contributed by atoms with E-state index >= 15 is 0 Å². The second-order valence-electron chi connectivity index (χ2n) is 7.13. The van der Waals surface area contributed by atoms with Crippen LogP contribution < -0.4 is 8.92 Å². The van der Waals surface area contributed by atoms with Crippen LogP contribution in [0.5, 0.6) is 11.5 Å². The largest absolute Gasteiger partial charge is 0.493 e. The van der Waals surface area contributed by atoms with Crippen molar-refractivity contribution in [3.8, 4) is 11.5 Å². The highest BCUT2D eigenvalue weighted by molar-refractivity contribution is 8.18. The number of halogens is 1. The lowest BCUT2D eigenvalue weighted by Crippen LogP contribution is -2.27. The number of thioether (sulfide) groups is 1. The van der Waals surface area contributed by atoms with Crippen LogP contribution in [0.15, 0.2) is 82.6 Å². The molecule has 0 aromatic heterocycles. The zero-order chi connectivity index (χ0) is 24.3. The lowest BCUT2D eigenvalue weighted by molar-refractivity contribution is -0.123. The molecule has 1 heterocycles. The number of ether oxygens (including phenoxy) is 1. The molecular formula is C24H18ClNO6S2. The standard InChI is InChI=1S/C24H18ClNO6S2/c1-31-20-12-6-8-17(22(20)32-34(29,30)19-10-3-2-4-11-19)14-21-23(27)26(24(28)33-21)15-16-7-5-9-18(25)13-16/h2-14H,15H2,1H3/b21-14-. The lowest BCUT2D eigenvalue weighted by Gasteiger charge is -2.14. The maximum absolute atomic E-state index is 13.0. The van der Waals surface area contributed by atoms with Gasteiger partial charge in [-0.1, -0.05) is 54.1 Å². The van der Waals surface area contributed by atoms with Crippen LogP contribution in [0.2, 0.25) is 5.02 Å². The van der Waals surface area contributed by atoms with Crippen molar-refractivity contribution in [2.24, 2.45) is 0 Å². The fourth-order valence-electron chi connectivity index (χ4n) is 3.24. The van der Waals surface area contributed by atoms with E-state index in [-0.39, 0.29) is 33.4 Å². The number of nitrogens with zero attached hydrogens (tertiary/aromatic N) is 1. The lowest BCUT2D eigenvalue weighted by atomic mass is 10.1. The summed E-state index contributed by atoms with van der Waals surface area (Å²) in [6, 6.07) is 19.3. The first-order chi connectivity index (χ1) is 16.3. The van der Waals surface area contributed by atoms with Crippen LogP contribution >= 0.6 is 23.4 Å². The molecule has 174 valence electrons. The molecule has 34 heavy (non-hydrogen) atoms. The van der Waals surface area contributed by atoms with Crippen molar-refractivity contribution >= 4 is 50.7 Å². The molecule has 7 nitrogen and oxygen atoms in total. The summed E-state index contributed by atoms with van der Waals surface area (Å²) in [7, 11) is -2.80. The van der Waals surface area contributed by atoms with Crippen molar-refractivity contribution in [3.05, 3.63) is 93.9 Å². The van der Waals surface area contributed by atoms with Gasteiger partial charge in [0.15, 0.2) is 11.5 Å². The van der Waals surface area contributed by atoms with Crippen LogP contribution in [0.3, 0.4) is 0 Å². The molecule has 1 fully saturated rings. The summed E-state index contributed by atoms with van der Waals surface area (Å²) in [5, 5.41) is 0.0521. The number of para-hydroxylation sites is 1. The Morgan fingerprint density at radius 1 is 1.00 bits per heavy atom. The Morgan fingerprint density at radius 2 is 1.74 bits per heavy atom. The predicted octanol–water partition coefficient (Wildman–Crippen LogP) is 5.35. The van der Waals surface area contributed by atoms with E-state index in [1.807, 2.05) is 0 Å². The number of methoxy groups -OCH3 is 1. The average Bonchev–Trinajstić information content (AvgIpc) is 3.08. The minimum atomic E-state index is -4.17. The molecule has 0 N–H and O–H groups in total. The summed E-state index contributed by atoms with van der Waals surface area (Å²) >= 11 is 6.76. The van der Waals surface area contributed by atoms with E-state index < -0.39 is 21.3 Å². The Morgan fingerprint density at radius 3 is 2.44 bits per heavy atom. The third-order valence-corrected chi connectivity index (χ3v) is 7.22. The number of carbonyl (C=O) groups is 2. The number of imide groups is 1. The number of amides is 2. The van der Waals surface area contributed by atoms with Gasteiger partial charge < -0.3 is 8.92 Å². The summed E-state index contributed by atoms with van der Waals surface area (Å²) in [5.74, 6) is -0.434. The van der Waals surface area contributed by atoms with Gasteiger partial charge in [-0.2, -0.15) is 8.42 Å². The van der Waals surface area contributed by atoms with E-state index in [1.165, 1.54) is 31.4 Å². The normalized spacial score (nSPS) is 15.1. The number of carbonyl (C=O) groups excluding carboxylic acids is 2. The molecule has 0 saturated carbocycles. The number of benzene rings is 3. The van der Waals surface area contributed by atoms with E-state index in [0.29, 0.717) is 10.6 Å². The van der Waals surface area contributed by atoms with Gasteiger partial charge in [0, 0.05) is 10.6 Å². The molecule has 0 unspecified atom stereocenters. The van der Waals surface area contributed by atoms with Gasteiger partial charge >= 0.3 is 10.1 Å². The first kappa shape index (κ1) is 23.9. The van der Waals surface area contributed by atoms with Crippen molar-refractivity contribution in [2.75, 3.05) is 7.11 Å². The van der Waals surface area contributed by atoms with E-state index in [4.69, 9.17) is 20.5 Å². The number of hydrogen-bond donors (Lipinski definition) is 0. The molecule has 2 amide bonds. The summed E-state index contributed by atoms with van der Waals surface area (Å²) in [4.78, 5) is 26.7. The molecule has 0 aliphatic carbocycles. The molecule has 3 aromatic rings. The summed E-state index contributed by atoms with van der Waals surface area (Å²) < 4.78 is 36.3. The quantitative estimate of drug-likeness (QED) is 0.309. The van der Waals surface area contributed by atoms with Gasteiger partial charge in [0.05, 0.1) is 18.6 Å². The zero-order valence-electron chi connectivity index (χ0n) is 17.8. The maximum Gasteiger partial charge on any atom is 0.339 e. The highest BCUT2D eigenvalue weighted by atomic mass is 35.5. The highest BCUT2D eigenvalue weighted by Gasteiger charge is 2.35. The van der Waals surface area contributed by atoms with Crippen molar-refractivity contribution in [1.82, 2.24) is 4.90 Å². The molecular weight excluding hydrogens is 498 g/mol. The first-order valence-electron chi connectivity index (χ1n) is 9.95. The van der Waals surface area contributed by atoms with Gasteiger partial charge in [0.25, 0.3) is 11.1 Å². The predicted molar refractivity (Wildman–Crippen MR) is 130 cm³/mol. The Labute approximate surface area is 206 Å². The minimum absolute atomic E-state index is 0.0336. The van der Waals surface area contributed by atoms with Gasteiger partial charge in [-0.05, 0) is 53.7 Å². The van der Waals surface area contributed by atoms with Crippen LogP contribution in [0.25, 0.3) is 6.08 Å². The van der Waals surface area contributed by atoms with Gasteiger partial charge in [0.2, 0.25) is 0 Å². The van der Waals surface area contributed by atoms with Gasteiger partial charge in [-0.3, -0.25) is 14.5 Å². The summed E-state index contributed by atoms with van der Waals surface area (Å²) in [5.41, 5.74) is 0.975. The summed E-state index contributed by atoms with van der Waals surface area (Å²) in [6.07, 6.45) is 1.42. The minimum Gasteiger partial charge on any atom is -0.493 e. The monoisotopic (exact) mass is 515 g/mol. The third-order valence-electron chi connectivity index (χ3n) is 4.84. The van der Waals surface area contributed by atoms with Gasteiger partial charge in [-0.25, -0.2) is 0 Å². The van der Waals surface area contributed by atoms with Crippen molar-refractivity contribution < 1.29 is 26.9 Å². The fourth-order valence-corrected chi connectivity index (χ4v) is 5.26. The first-order valence-corrected chi connectivity index (χ1v) is 12.5. The van der Waals surface area contributed by atoms with Crippen LogP contribution in [0, 0.1) is 0 Å². The van der Waals surface area contributed by atoms with Crippen LogP contribution in [-0.4, -0.2) is 31.6 Å². The zero-order valence-corrected chi connectivity index (χ0v) is 20.2. The Kier molecular flexibility index (Phi) is 6.97. The average molecular weight is 516 g/mol. The van der Waals surface area contributed by atoms with E-state index in [2.05, 4.69) is 0 Å². The molecule has 1 aliphatic heterocycles. The van der Waals surface area contributed by atoms with Crippen molar-refractivity contribution in [2.45, 2.75) is 11.4 Å². The molecule has 0 radical (unpaired) electrons. The SMILES string of the molecule is COc1cccc(/C=C2\SC(=O)N(Cc3cccc(Cl)c3)C2=O)c1OS(=O)(=O)c1ccccc1. The van der Waals surface area contributed by atoms with Crippen LogP contribution in [0.4, 0.5) is 4.79 Å². The van der Waals surface area contributed by atoms with E-state index in [1.54, 1.807) is 54.6 Å². The van der Waals surface area contributed by atoms with Crippen LogP contribution in [-0.2, 0) is 21.5 Å². The van der Waals surface area contributed by atoms with Crippen molar-refractivity contribution in [1.29, 1.82) is 0 Å². The Balaban J connectivity index is 1.67. The Hall–Kier alpha value is -3.27. The molecule has 0 bridgehead atoms. The second kappa shape index (κ2) is 9.92. The third kappa shape index (κ3) is 5.11. The molecule has 4 rings (SSSR count). The van der Waals surface area contributed by atoms with Gasteiger partial charge in [0.1, 0.15) is 4.90 Å². The smallest absolute Gasteiger partial charge is 0.339 e. The topological polar surface area (TPSA) is 90.0 Å². The second-order valence-corrected chi connectivity index (χ2v) is 10.1.